The van der Waals surface area contributed by atoms with Crippen LogP contribution in [0.25, 0.3) is 0 Å². The van der Waals surface area contributed by atoms with Gasteiger partial charge in [-0.05, 0) is 12.8 Å². The Bertz CT molecular complexity index is 297. The van der Waals surface area contributed by atoms with Gasteiger partial charge in [0.2, 0.25) is 0 Å². The highest BCUT2D eigenvalue weighted by molar-refractivity contribution is 6.18. The van der Waals surface area contributed by atoms with Crippen LogP contribution in [0.4, 0.5) is 9.59 Å². The molecule has 0 saturated heterocycles. The maximum Gasteiger partial charge on any atom is 0.518 e. The van der Waals surface area contributed by atoms with Crippen molar-refractivity contribution in [3.63, 3.8) is 0 Å². The summed E-state index contributed by atoms with van der Waals surface area (Å²) in [6.45, 7) is -0.115. The summed E-state index contributed by atoms with van der Waals surface area (Å²) in [7, 11) is 0. The van der Waals surface area contributed by atoms with Gasteiger partial charge in [0.05, 0.1) is 13.2 Å². The highest BCUT2D eigenvalue weighted by Gasteiger charge is 2.12. The number of aliphatic hydroxyl groups is 2. The maximum atomic E-state index is 10.7. The minimum Gasteiger partial charge on any atom is -0.434 e. The number of halogens is 2. The Morgan fingerprint density at radius 2 is 1.24 bits per heavy atom. The number of hydrogen-bond acceptors (Lipinski definition) is 7. The molecule has 0 aliphatic carbocycles. The number of carbonyl (C=O) groups is 2. The van der Waals surface area contributed by atoms with E-state index in [2.05, 4.69) is 26.1 Å². The second-order valence-electron chi connectivity index (χ2n) is 3.05. The van der Waals surface area contributed by atoms with Crippen molar-refractivity contribution in [2.24, 2.45) is 0 Å². The van der Waals surface area contributed by atoms with Gasteiger partial charge in [0.25, 0.3) is 0 Å². The van der Waals surface area contributed by atoms with E-state index in [1.54, 1.807) is 0 Å². The van der Waals surface area contributed by atoms with Crippen LogP contribution < -0.4 is 0 Å². The third kappa shape index (κ3) is 21.3. The highest BCUT2D eigenvalue weighted by atomic mass is 35.5. The molecule has 0 fully saturated rings. The molecule has 0 atom stereocenters. The predicted octanol–water partition coefficient (Wildman–Crippen LogP) is 1.51. The van der Waals surface area contributed by atoms with E-state index in [1.165, 1.54) is 0 Å². The molecule has 0 rings (SSSR count). The Kier molecular flexibility index (Phi) is 19.8. The largest absolute Gasteiger partial charge is 0.518 e. The molecule has 0 aromatic carbocycles. The molecule has 21 heavy (non-hydrogen) atoms. The molecule has 7 nitrogen and oxygen atoms in total. The second-order valence-corrected chi connectivity index (χ2v) is 3.81. The SMILES string of the molecule is O=C(OCCCCl)OC(=O)OCCCCl.OCC#CCO. The average Bonchev–Trinajstić information content (AvgIpc) is 2.46. The Morgan fingerprint density at radius 3 is 1.52 bits per heavy atom. The summed E-state index contributed by atoms with van der Waals surface area (Å²) in [5.74, 6) is 5.24. The van der Waals surface area contributed by atoms with Gasteiger partial charge in [-0.3, -0.25) is 0 Å². The molecule has 0 heterocycles. The van der Waals surface area contributed by atoms with E-state index in [9.17, 15) is 9.59 Å². The lowest BCUT2D eigenvalue weighted by Gasteiger charge is -2.04. The molecule has 0 radical (unpaired) electrons. The van der Waals surface area contributed by atoms with Gasteiger partial charge in [-0.15, -0.1) is 23.2 Å². The van der Waals surface area contributed by atoms with Gasteiger partial charge in [-0.2, -0.15) is 0 Å². The number of ether oxygens (including phenoxy) is 3. The molecule has 0 aliphatic heterocycles. The van der Waals surface area contributed by atoms with Crippen LogP contribution in [0.5, 0.6) is 0 Å². The fourth-order valence-electron chi connectivity index (χ4n) is 0.659. The van der Waals surface area contributed by atoms with Gasteiger partial charge in [0.1, 0.15) is 13.2 Å². The van der Waals surface area contributed by atoms with Crippen LogP contribution in [0.2, 0.25) is 0 Å². The van der Waals surface area contributed by atoms with Crippen molar-refractivity contribution in [3.8, 4) is 11.8 Å². The van der Waals surface area contributed by atoms with E-state index in [-0.39, 0.29) is 26.4 Å². The molecule has 0 aromatic heterocycles. The lowest BCUT2D eigenvalue weighted by Crippen LogP contribution is -2.16. The van der Waals surface area contributed by atoms with Crippen LogP contribution in [0.1, 0.15) is 12.8 Å². The molecule has 0 saturated carbocycles. The summed E-state index contributed by atoms with van der Waals surface area (Å²) >= 11 is 10.7. The third-order valence-electron chi connectivity index (χ3n) is 1.45. The standard InChI is InChI=1S/C8H12Cl2O5.C4H6O2/c9-3-1-5-13-7(11)15-8(12)14-6-2-4-10;5-3-1-2-4-6/h1-6H2;5-6H,3-4H2. The van der Waals surface area contributed by atoms with E-state index in [0.717, 1.165) is 0 Å². The van der Waals surface area contributed by atoms with Crippen molar-refractivity contribution in [3.05, 3.63) is 0 Å². The third-order valence-corrected chi connectivity index (χ3v) is 1.98. The number of aliphatic hydroxyl groups excluding tert-OH is 2. The minimum absolute atomic E-state index is 0.108. The van der Waals surface area contributed by atoms with Crippen LogP contribution in [0.3, 0.4) is 0 Å². The van der Waals surface area contributed by atoms with Crippen LogP contribution in [-0.2, 0) is 14.2 Å². The fraction of sp³-hybridized carbons (Fsp3) is 0.667. The van der Waals surface area contributed by atoms with E-state index < -0.39 is 12.3 Å². The van der Waals surface area contributed by atoms with Crippen molar-refractivity contribution in [2.45, 2.75) is 12.8 Å². The number of hydrogen-bond donors (Lipinski definition) is 2. The van der Waals surface area contributed by atoms with E-state index in [1.807, 2.05) is 0 Å². The lowest BCUT2D eigenvalue weighted by atomic mass is 10.5. The molecular weight excluding hydrogens is 327 g/mol. The van der Waals surface area contributed by atoms with Crippen LogP contribution >= 0.6 is 23.2 Å². The van der Waals surface area contributed by atoms with Gasteiger partial charge >= 0.3 is 12.3 Å². The zero-order valence-electron chi connectivity index (χ0n) is 11.3. The normalized spacial score (nSPS) is 8.57. The van der Waals surface area contributed by atoms with Crippen LogP contribution in [0, 0.1) is 11.8 Å². The van der Waals surface area contributed by atoms with Crippen molar-refractivity contribution >= 4 is 35.5 Å². The lowest BCUT2D eigenvalue weighted by molar-refractivity contribution is 0.0369. The number of carbonyl (C=O) groups excluding carboxylic acids is 2. The first kappa shape index (κ1) is 22.1. The highest BCUT2D eigenvalue weighted by Crippen LogP contribution is 1.94. The summed E-state index contributed by atoms with van der Waals surface area (Å²) in [5, 5.41) is 15.8. The van der Waals surface area contributed by atoms with Gasteiger partial charge in [-0.1, -0.05) is 11.8 Å². The minimum atomic E-state index is -1.09. The predicted molar refractivity (Wildman–Crippen MR) is 76.4 cm³/mol. The van der Waals surface area contributed by atoms with E-state index in [4.69, 9.17) is 33.4 Å². The van der Waals surface area contributed by atoms with E-state index >= 15 is 0 Å². The Balaban J connectivity index is 0. The van der Waals surface area contributed by atoms with Crippen LogP contribution in [-0.4, -0.2) is 60.7 Å². The van der Waals surface area contributed by atoms with E-state index in [0.29, 0.717) is 24.6 Å². The van der Waals surface area contributed by atoms with Crippen LogP contribution in [0.15, 0.2) is 0 Å². The number of alkyl halides is 2. The first-order valence-electron chi connectivity index (χ1n) is 5.93. The number of rotatable bonds is 6. The molecule has 122 valence electrons. The van der Waals surface area contributed by atoms with Crippen molar-refractivity contribution in [1.29, 1.82) is 0 Å². The molecule has 2 N–H and O–H groups in total. The second kappa shape index (κ2) is 18.8. The zero-order valence-corrected chi connectivity index (χ0v) is 12.9. The summed E-state index contributed by atoms with van der Waals surface area (Å²) < 4.78 is 13.1. The van der Waals surface area contributed by atoms with Gasteiger partial charge < -0.3 is 24.4 Å². The van der Waals surface area contributed by atoms with Crippen molar-refractivity contribution in [1.82, 2.24) is 0 Å². The first-order chi connectivity index (χ1) is 10.1. The van der Waals surface area contributed by atoms with Gasteiger partial charge in [0.15, 0.2) is 0 Å². The molecule has 0 aliphatic rings. The molecule has 0 unspecified atom stereocenters. The smallest absolute Gasteiger partial charge is 0.434 e. The molecule has 0 bridgehead atoms. The zero-order chi connectivity index (χ0) is 16.3. The monoisotopic (exact) mass is 344 g/mol. The molecule has 9 heteroatoms. The summed E-state index contributed by atoms with van der Waals surface area (Å²) in [6, 6.07) is 0. The fourth-order valence-corrected chi connectivity index (χ4v) is 0.877. The molecule has 0 aromatic rings. The summed E-state index contributed by atoms with van der Waals surface area (Å²) in [6.07, 6.45) is -1.18. The Morgan fingerprint density at radius 1 is 0.857 bits per heavy atom. The average molecular weight is 345 g/mol. The topological polar surface area (TPSA) is 102 Å². The molecule has 0 spiro atoms. The molecular formula is C12H18Cl2O7. The maximum absolute atomic E-state index is 10.7. The van der Waals surface area contributed by atoms with Crippen molar-refractivity contribution in [2.75, 3.05) is 38.2 Å². The quantitative estimate of drug-likeness (QED) is 0.247. The van der Waals surface area contributed by atoms with Gasteiger partial charge in [-0.25, -0.2) is 9.59 Å². The Hall–Kier alpha value is -1.20. The van der Waals surface area contributed by atoms with Gasteiger partial charge in [0, 0.05) is 11.8 Å². The van der Waals surface area contributed by atoms with Crippen molar-refractivity contribution < 1.29 is 34.0 Å². The molecule has 0 amide bonds. The Labute approximate surface area is 133 Å². The first-order valence-corrected chi connectivity index (χ1v) is 7.00. The summed E-state index contributed by atoms with van der Waals surface area (Å²) in [5.41, 5.74) is 0. The summed E-state index contributed by atoms with van der Waals surface area (Å²) in [4.78, 5) is 21.5.